The Kier molecular flexibility index (Phi) is 9.76. The third-order valence-electron chi connectivity index (χ3n) is 4.60. The van der Waals surface area contributed by atoms with Gasteiger partial charge in [-0.25, -0.2) is 0 Å². The van der Waals surface area contributed by atoms with Crippen molar-refractivity contribution >= 4 is 11.9 Å². The van der Waals surface area contributed by atoms with E-state index in [0.29, 0.717) is 6.42 Å². The predicted octanol–water partition coefficient (Wildman–Crippen LogP) is 2.26. The molecular formula is C19H35N5O2. The maximum atomic E-state index is 11.0. The van der Waals surface area contributed by atoms with E-state index in [2.05, 4.69) is 46.2 Å². The van der Waals surface area contributed by atoms with Gasteiger partial charge in [0.05, 0.1) is 12.8 Å². The summed E-state index contributed by atoms with van der Waals surface area (Å²) in [5, 5.41) is 11.3. The molecule has 0 aliphatic heterocycles. The van der Waals surface area contributed by atoms with Crippen LogP contribution < -0.4 is 10.6 Å². The van der Waals surface area contributed by atoms with Gasteiger partial charge >= 0.3 is 5.97 Å². The lowest BCUT2D eigenvalue weighted by atomic mass is 10.1. The van der Waals surface area contributed by atoms with Crippen LogP contribution in [-0.4, -0.2) is 48.5 Å². The van der Waals surface area contributed by atoms with Crippen LogP contribution in [0.4, 0.5) is 0 Å². The molecular weight excluding hydrogens is 330 g/mol. The zero-order valence-corrected chi connectivity index (χ0v) is 17.2. The SMILES string of the molecule is CN=C(NCCCCCCC(=O)OC)NC(C)Cc1c(C)nn(C)c1C. The fourth-order valence-electron chi connectivity index (χ4n) is 2.95. The van der Waals surface area contributed by atoms with Crippen LogP contribution in [0, 0.1) is 13.8 Å². The molecule has 1 unspecified atom stereocenters. The van der Waals surface area contributed by atoms with Crippen molar-refractivity contribution in [3.05, 3.63) is 17.0 Å². The van der Waals surface area contributed by atoms with Crippen molar-refractivity contribution in [3.63, 3.8) is 0 Å². The third kappa shape index (κ3) is 7.45. The number of methoxy groups -OCH3 is 1. The highest BCUT2D eigenvalue weighted by Crippen LogP contribution is 2.14. The predicted molar refractivity (Wildman–Crippen MR) is 105 cm³/mol. The topological polar surface area (TPSA) is 80.5 Å². The molecule has 1 aromatic heterocycles. The molecule has 7 heteroatoms. The number of rotatable bonds is 10. The van der Waals surface area contributed by atoms with E-state index in [4.69, 9.17) is 0 Å². The molecule has 0 saturated heterocycles. The van der Waals surface area contributed by atoms with Crippen LogP contribution in [0.5, 0.6) is 0 Å². The number of hydrogen-bond donors (Lipinski definition) is 2. The summed E-state index contributed by atoms with van der Waals surface area (Å²) in [6.07, 6.45) is 5.50. The number of ether oxygens (including phenoxy) is 1. The number of guanidine groups is 1. The van der Waals surface area contributed by atoms with Crippen molar-refractivity contribution in [2.45, 2.75) is 65.3 Å². The molecule has 26 heavy (non-hydrogen) atoms. The molecule has 7 nitrogen and oxygen atoms in total. The third-order valence-corrected chi connectivity index (χ3v) is 4.60. The second-order valence-electron chi connectivity index (χ2n) is 6.76. The number of esters is 1. The summed E-state index contributed by atoms with van der Waals surface area (Å²) in [6.45, 7) is 7.19. The first-order chi connectivity index (χ1) is 12.4. The fraction of sp³-hybridized carbons (Fsp3) is 0.737. The number of nitrogens with zero attached hydrogens (tertiary/aromatic N) is 3. The lowest BCUT2D eigenvalue weighted by molar-refractivity contribution is -0.140. The van der Waals surface area contributed by atoms with E-state index in [0.717, 1.165) is 50.3 Å². The van der Waals surface area contributed by atoms with E-state index in [-0.39, 0.29) is 12.0 Å². The summed E-state index contributed by atoms with van der Waals surface area (Å²) in [5.41, 5.74) is 3.60. The number of aliphatic imine (C=N–C) groups is 1. The Morgan fingerprint density at radius 3 is 2.54 bits per heavy atom. The molecule has 2 N–H and O–H groups in total. The molecule has 0 saturated carbocycles. The van der Waals surface area contributed by atoms with Crippen molar-refractivity contribution in [2.24, 2.45) is 12.0 Å². The summed E-state index contributed by atoms with van der Waals surface area (Å²) in [4.78, 5) is 15.3. The Balaban J connectivity index is 2.26. The Labute approximate surface area is 157 Å². The fourth-order valence-corrected chi connectivity index (χ4v) is 2.95. The normalized spacial score (nSPS) is 12.8. The van der Waals surface area contributed by atoms with Gasteiger partial charge in [0, 0.05) is 38.8 Å². The summed E-state index contributed by atoms with van der Waals surface area (Å²) in [5.74, 6) is 0.701. The number of hydrogen-bond acceptors (Lipinski definition) is 4. The Bertz CT molecular complexity index is 595. The van der Waals surface area contributed by atoms with Crippen molar-refractivity contribution in [2.75, 3.05) is 20.7 Å². The molecule has 0 radical (unpaired) electrons. The van der Waals surface area contributed by atoms with Gasteiger partial charge in [0.25, 0.3) is 0 Å². The van der Waals surface area contributed by atoms with Crippen LogP contribution in [-0.2, 0) is 23.0 Å². The summed E-state index contributed by atoms with van der Waals surface area (Å²) < 4.78 is 6.57. The first kappa shape index (κ1) is 22.0. The Hall–Kier alpha value is -2.05. The van der Waals surface area contributed by atoms with Gasteiger partial charge in [0.1, 0.15) is 0 Å². The number of carbonyl (C=O) groups excluding carboxylic acids is 1. The monoisotopic (exact) mass is 365 g/mol. The zero-order valence-electron chi connectivity index (χ0n) is 17.2. The molecule has 0 bridgehead atoms. The van der Waals surface area contributed by atoms with Crippen molar-refractivity contribution < 1.29 is 9.53 Å². The maximum absolute atomic E-state index is 11.0. The van der Waals surface area contributed by atoms with E-state index in [1.807, 2.05) is 11.7 Å². The molecule has 0 aromatic carbocycles. The quantitative estimate of drug-likeness (QED) is 0.288. The van der Waals surface area contributed by atoms with Crippen LogP contribution in [0.2, 0.25) is 0 Å². The average molecular weight is 366 g/mol. The van der Waals surface area contributed by atoms with E-state index in [1.165, 1.54) is 18.4 Å². The number of carbonyl (C=O) groups is 1. The van der Waals surface area contributed by atoms with E-state index >= 15 is 0 Å². The van der Waals surface area contributed by atoms with E-state index in [1.54, 1.807) is 7.05 Å². The number of aromatic nitrogens is 2. The van der Waals surface area contributed by atoms with Crippen LogP contribution in [0.25, 0.3) is 0 Å². The number of unbranched alkanes of at least 4 members (excludes halogenated alkanes) is 3. The molecule has 0 spiro atoms. The first-order valence-corrected chi connectivity index (χ1v) is 9.42. The summed E-state index contributed by atoms with van der Waals surface area (Å²) in [6, 6.07) is 0.267. The van der Waals surface area contributed by atoms with Gasteiger partial charge < -0.3 is 15.4 Å². The second kappa shape index (κ2) is 11.5. The second-order valence-corrected chi connectivity index (χ2v) is 6.76. The maximum Gasteiger partial charge on any atom is 0.305 e. The van der Waals surface area contributed by atoms with Crippen molar-refractivity contribution in [1.82, 2.24) is 20.4 Å². The molecule has 0 fully saturated rings. The average Bonchev–Trinajstić information content (AvgIpc) is 2.85. The molecule has 1 rings (SSSR count). The van der Waals surface area contributed by atoms with Crippen LogP contribution in [0.15, 0.2) is 4.99 Å². The van der Waals surface area contributed by atoms with E-state index in [9.17, 15) is 4.79 Å². The summed E-state index contributed by atoms with van der Waals surface area (Å²) in [7, 11) is 5.21. The van der Waals surface area contributed by atoms with Gasteiger partial charge in [-0.1, -0.05) is 12.8 Å². The zero-order chi connectivity index (χ0) is 19.5. The highest BCUT2D eigenvalue weighted by Gasteiger charge is 2.13. The van der Waals surface area contributed by atoms with Gasteiger partial charge in [0.15, 0.2) is 5.96 Å². The summed E-state index contributed by atoms with van der Waals surface area (Å²) >= 11 is 0. The molecule has 1 atom stereocenters. The molecule has 0 aliphatic rings. The van der Waals surface area contributed by atoms with E-state index < -0.39 is 0 Å². The molecule has 1 heterocycles. The van der Waals surface area contributed by atoms with Crippen LogP contribution in [0.3, 0.4) is 0 Å². The molecule has 1 aromatic rings. The van der Waals surface area contributed by atoms with Crippen molar-refractivity contribution in [1.29, 1.82) is 0 Å². The van der Waals surface area contributed by atoms with Gasteiger partial charge in [-0.3, -0.25) is 14.5 Å². The standard InChI is InChI=1S/C19H35N5O2/c1-14(13-17-15(2)23-24(5)16(17)3)22-19(20-4)21-12-10-8-7-9-11-18(25)26-6/h14H,7-13H2,1-6H3,(H2,20,21,22). The van der Waals surface area contributed by atoms with Crippen molar-refractivity contribution in [3.8, 4) is 0 Å². The number of aryl methyl sites for hydroxylation is 2. The van der Waals surface area contributed by atoms with Gasteiger partial charge in [0.2, 0.25) is 0 Å². The van der Waals surface area contributed by atoms with Crippen LogP contribution >= 0.6 is 0 Å². The first-order valence-electron chi connectivity index (χ1n) is 9.42. The molecule has 0 amide bonds. The lowest BCUT2D eigenvalue weighted by Gasteiger charge is -2.18. The number of nitrogens with one attached hydrogen (secondary N) is 2. The van der Waals surface area contributed by atoms with Gasteiger partial charge in [-0.2, -0.15) is 5.10 Å². The Morgan fingerprint density at radius 2 is 1.96 bits per heavy atom. The minimum atomic E-state index is -0.124. The minimum absolute atomic E-state index is 0.124. The highest BCUT2D eigenvalue weighted by atomic mass is 16.5. The minimum Gasteiger partial charge on any atom is -0.469 e. The smallest absolute Gasteiger partial charge is 0.305 e. The van der Waals surface area contributed by atoms with Gasteiger partial charge in [-0.15, -0.1) is 0 Å². The van der Waals surface area contributed by atoms with Crippen LogP contribution in [0.1, 0.15) is 56.0 Å². The highest BCUT2D eigenvalue weighted by molar-refractivity contribution is 5.79. The van der Waals surface area contributed by atoms with Gasteiger partial charge in [-0.05, 0) is 45.6 Å². The Morgan fingerprint density at radius 1 is 1.27 bits per heavy atom. The molecule has 148 valence electrons. The molecule has 0 aliphatic carbocycles. The largest absolute Gasteiger partial charge is 0.469 e. The lowest BCUT2D eigenvalue weighted by Crippen LogP contribution is -2.43.